The first kappa shape index (κ1) is 15.9. The minimum absolute atomic E-state index is 0.147. The molecule has 0 spiro atoms. The van der Waals surface area contributed by atoms with Crippen LogP contribution in [-0.4, -0.2) is 39.9 Å². The molecule has 5 nitrogen and oxygen atoms in total. The molecule has 1 atom stereocenters. The largest absolute Gasteiger partial charge is 0.504 e. The number of phenols is 2. The van der Waals surface area contributed by atoms with Crippen LogP contribution in [-0.2, 0) is 16.0 Å². The molecular weight excluding hydrogens is 318 g/mol. The van der Waals surface area contributed by atoms with Gasteiger partial charge in [-0.2, -0.15) is 0 Å². The number of amides is 1. The third-order valence-corrected chi connectivity index (χ3v) is 5.06. The lowest BCUT2D eigenvalue weighted by Crippen LogP contribution is -2.43. The maximum Gasteiger partial charge on any atom is 0.210 e. The molecule has 1 aromatic carbocycles. The fourth-order valence-electron chi connectivity index (χ4n) is 3.49. The molecule has 0 bridgehead atoms. The van der Waals surface area contributed by atoms with Gasteiger partial charge in [0, 0.05) is 30.5 Å². The molecule has 1 amide bonds. The highest BCUT2D eigenvalue weighted by molar-refractivity contribution is 6.31. The van der Waals surface area contributed by atoms with E-state index in [4.69, 9.17) is 11.6 Å². The number of benzene rings is 1. The van der Waals surface area contributed by atoms with Crippen LogP contribution >= 0.6 is 11.6 Å². The van der Waals surface area contributed by atoms with E-state index >= 15 is 0 Å². The summed E-state index contributed by atoms with van der Waals surface area (Å²) in [6, 6.07) is 2.59. The Morgan fingerprint density at radius 3 is 2.70 bits per heavy atom. The zero-order valence-corrected chi connectivity index (χ0v) is 13.3. The predicted molar refractivity (Wildman–Crippen MR) is 85.5 cm³/mol. The van der Waals surface area contributed by atoms with E-state index in [2.05, 4.69) is 0 Å². The minimum atomic E-state index is -0.266. The molecule has 0 saturated carbocycles. The molecule has 0 saturated heterocycles. The number of aromatic hydroxyl groups is 2. The average Bonchev–Trinajstić information content (AvgIpc) is 2.52. The van der Waals surface area contributed by atoms with Crippen molar-refractivity contribution in [3.05, 3.63) is 33.9 Å². The van der Waals surface area contributed by atoms with Crippen LogP contribution < -0.4 is 0 Å². The summed E-state index contributed by atoms with van der Waals surface area (Å²) in [7, 11) is 0. The van der Waals surface area contributed by atoms with Gasteiger partial charge in [-0.05, 0) is 36.5 Å². The van der Waals surface area contributed by atoms with Crippen LogP contribution in [0, 0.1) is 0 Å². The molecular formula is C17H18ClNO4. The number of carbonyl (C=O) groups is 2. The molecule has 0 unspecified atom stereocenters. The molecule has 1 aromatic rings. The average molecular weight is 336 g/mol. The molecule has 1 aliphatic heterocycles. The Hall–Kier alpha value is -2.01. The number of carbonyl (C=O) groups excluding carboxylic acids is 2. The second-order valence-corrected chi connectivity index (χ2v) is 6.50. The maximum absolute atomic E-state index is 11.7. The van der Waals surface area contributed by atoms with E-state index in [-0.39, 0.29) is 23.3 Å². The van der Waals surface area contributed by atoms with Crippen LogP contribution in [0.25, 0.3) is 0 Å². The third kappa shape index (κ3) is 3.06. The van der Waals surface area contributed by atoms with Crippen molar-refractivity contribution in [2.45, 2.75) is 38.1 Å². The van der Waals surface area contributed by atoms with Crippen molar-refractivity contribution in [2.75, 3.05) is 6.54 Å². The van der Waals surface area contributed by atoms with E-state index in [0.29, 0.717) is 42.8 Å². The summed E-state index contributed by atoms with van der Waals surface area (Å²) in [5, 5.41) is 19.5. The number of nitrogens with zero attached hydrogens (tertiary/aromatic N) is 1. The first-order valence-corrected chi connectivity index (χ1v) is 8.01. The Morgan fingerprint density at radius 2 is 1.96 bits per heavy atom. The van der Waals surface area contributed by atoms with Gasteiger partial charge < -0.3 is 15.1 Å². The summed E-state index contributed by atoms with van der Waals surface area (Å²) in [5.41, 5.74) is 2.96. The molecule has 1 aliphatic carbocycles. The van der Waals surface area contributed by atoms with Gasteiger partial charge in [0.25, 0.3) is 0 Å². The van der Waals surface area contributed by atoms with Crippen molar-refractivity contribution >= 4 is 23.8 Å². The molecule has 1 heterocycles. The molecule has 3 rings (SSSR count). The van der Waals surface area contributed by atoms with Gasteiger partial charge in [-0.3, -0.25) is 9.59 Å². The molecule has 2 N–H and O–H groups in total. The monoisotopic (exact) mass is 335 g/mol. The smallest absolute Gasteiger partial charge is 0.210 e. The van der Waals surface area contributed by atoms with E-state index < -0.39 is 0 Å². The van der Waals surface area contributed by atoms with Gasteiger partial charge in [0.05, 0.1) is 6.04 Å². The SMILES string of the molecule is O=CN1CCC2=C(CCC(=O)C2)[C@H]1Cc1cc(O)c(O)cc1Cl. The highest BCUT2D eigenvalue weighted by Gasteiger charge is 2.32. The van der Waals surface area contributed by atoms with Crippen molar-refractivity contribution in [2.24, 2.45) is 0 Å². The Labute approximate surface area is 139 Å². The minimum Gasteiger partial charge on any atom is -0.504 e. The van der Waals surface area contributed by atoms with Crippen LogP contribution in [0.3, 0.4) is 0 Å². The standard InChI is InChI=1S/C17H18ClNO4/c18-14-8-17(23)16(22)7-11(14)6-15-13-2-1-12(21)5-10(13)3-4-19(15)9-20/h7-9,15,22-23H,1-6H2/t15-/m1/s1. The summed E-state index contributed by atoms with van der Waals surface area (Å²) >= 11 is 6.16. The molecule has 2 aliphatic rings. The van der Waals surface area contributed by atoms with E-state index in [1.54, 1.807) is 4.90 Å². The topological polar surface area (TPSA) is 77.8 Å². The van der Waals surface area contributed by atoms with Crippen LogP contribution in [0.5, 0.6) is 11.5 Å². The number of Topliss-reactive ketones (excluding diaryl/α,β-unsaturated/α-hetero) is 1. The highest BCUT2D eigenvalue weighted by Crippen LogP contribution is 2.37. The predicted octanol–water partition coefficient (Wildman–Crippen LogP) is 2.57. The van der Waals surface area contributed by atoms with Crippen LogP contribution in [0.15, 0.2) is 23.3 Å². The summed E-state index contributed by atoms with van der Waals surface area (Å²) in [4.78, 5) is 24.8. The lowest BCUT2D eigenvalue weighted by atomic mass is 9.80. The van der Waals surface area contributed by atoms with E-state index in [1.807, 2.05) is 0 Å². The maximum atomic E-state index is 11.7. The summed E-state index contributed by atoms with van der Waals surface area (Å²) in [6.07, 6.45) is 3.69. The summed E-state index contributed by atoms with van der Waals surface area (Å²) in [5.74, 6) is -0.244. The Bertz CT molecular complexity index is 698. The molecule has 0 aromatic heterocycles. The van der Waals surface area contributed by atoms with Crippen molar-refractivity contribution < 1.29 is 19.8 Å². The van der Waals surface area contributed by atoms with Gasteiger partial charge in [-0.1, -0.05) is 17.2 Å². The fourth-order valence-corrected chi connectivity index (χ4v) is 3.72. The van der Waals surface area contributed by atoms with Crippen LogP contribution in [0.2, 0.25) is 5.02 Å². The molecule has 0 radical (unpaired) electrons. The van der Waals surface area contributed by atoms with Gasteiger partial charge in [-0.15, -0.1) is 0 Å². The van der Waals surface area contributed by atoms with Gasteiger partial charge in [0.1, 0.15) is 5.78 Å². The first-order valence-electron chi connectivity index (χ1n) is 7.63. The van der Waals surface area contributed by atoms with Gasteiger partial charge in [0.2, 0.25) is 6.41 Å². The third-order valence-electron chi connectivity index (χ3n) is 4.70. The first-order chi connectivity index (χ1) is 11.0. The van der Waals surface area contributed by atoms with Gasteiger partial charge in [0.15, 0.2) is 11.5 Å². The number of ketones is 1. The number of halogens is 1. The molecule has 122 valence electrons. The fraction of sp³-hybridized carbons (Fsp3) is 0.412. The Kier molecular flexibility index (Phi) is 4.31. The number of hydrogen-bond donors (Lipinski definition) is 2. The molecule has 0 fully saturated rings. The van der Waals surface area contributed by atoms with Gasteiger partial charge in [-0.25, -0.2) is 0 Å². The second kappa shape index (κ2) is 6.24. The van der Waals surface area contributed by atoms with E-state index in [9.17, 15) is 19.8 Å². The summed E-state index contributed by atoms with van der Waals surface area (Å²) < 4.78 is 0. The highest BCUT2D eigenvalue weighted by atomic mass is 35.5. The van der Waals surface area contributed by atoms with Crippen molar-refractivity contribution in [1.29, 1.82) is 0 Å². The zero-order valence-electron chi connectivity index (χ0n) is 12.6. The Balaban J connectivity index is 1.95. The second-order valence-electron chi connectivity index (χ2n) is 6.09. The van der Waals surface area contributed by atoms with Crippen LogP contribution in [0.1, 0.15) is 31.2 Å². The van der Waals surface area contributed by atoms with Crippen LogP contribution in [0.4, 0.5) is 0 Å². The summed E-state index contributed by atoms with van der Waals surface area (Å²) in [6.45, 7) is 0.585. The lowest BCUT2D eigenvalue weighted by Gasteiger charge is -2.39. The van der Waals surface area contributed by atoms with E-state index in [1.165, 1.54) is 12.1 Å². The van der Waals surface area contributed by atoms with Gasteiger partial charge >= 0.3 is 0 Å². The Morgan fingerprint density at radius 1 is 1.22 bits per heavy atom. The zero-order chi connectivity index (χ0) is 16.6. The molecule has 23 heavy (non-hydrogen) atoms. The van der Waals surface area contributed by atoms with E-state index in [0.717, 1.165) is 24.0 Å². The number of phenolic OH excluding ortho intramolecular Hbond substituents is 2. The molecule has 6 heteroatoms. The quantitative estimate of drug-likeness (QED) is 0.505. The van der Waals surface area contributed by atoms with Crippen molar-refractivity contribution in [3.8, 4) is 11.5 Å². The van der Waals surface area contributed by atoms with Crippen molar-refractivity contribution in [3.63, 3.8) is 0 Å². The van der Waals surface area contributed by atoms with Crippen molar-refractivity contribution in [1.82, 2.24) is 4.90 Å². The number of hydrogen-bond acceptors (Lipinski definition) is 4. The number of rotatable bonds is 3. The normalized spacial score (nSPS) is 21.3. The lowest BCUT2D eigenvalue weighted by molar-refractivity contribution is -0.120.